The molecule has 20 heavy (non-hydrogen) atoms. The van der Waals surface area contributed by atoms with Crippen LogP contribution in [0.25, 0.3) is 0 Å². The van der Waals surface area contributed by atoms with Gasteiger partial charge in [0.25, 0.3) is 0 Å². The van der Waals surface area contributed by atoms with Gasteiger partial charge in [0.2, 0.25) is 0 Å². The summed E-state index contributed by atoms with van der Waals surface area (Å²) >= 11 is 2.09. The summed E-state index contributed by atoms with van der Waals surface area (Å²) in [5.41, 5.74) is 2.47. The Morgan fingerprint density at radius 1 is 1.45 bits per heavy atom. The van der Waals surface area contributed by atoms with Crippen LogP contribution < -0.4 is 14.8 Å². The van der Waals surface area contributed by atoms with Crippen molar-refractivity contribution in [2.75, 3.05) is 19.4 Å². The van der Waals surface area contributed by atoms with Crippen molar-refractivity contribution >= 4 is 11.8 Å². The van der Waals surface area contributed by atoms with Crippen molar-refractivity contribution in [3.8, 4) is 11.5 Å². The van der Waals surface area contributed by atoms with Gasteiger partial charge in [0, 0.05) is 35.9 Å². The van der Waals surface area contributed by atoms with Crippen LogP contribution >= 0.6 is 11.8 Å². The molecule has 0 aromatic heterocycles. The smallest absolute Gasteiger partial charge is 0.123 e. The summed E-state index contributed by atoms with van der Waals surface area (Å²) in [6.45, 7) is 4.05. The van der Waals surface area contributed by atoms with Crippen molar-refractivity contribution in [1.82, 2.24) is 5.32 Å². The predicted octanol–water partition coefficient (Wildman–Crippen LogP) is 3.00. The molecule has 2 atom stereocenters. The number of hydrogen-bond acceptors (Lipinski definition) is 4. The Kier molecular flexibility index (Phi) is 4.41. The van der Waals surface area contributed by atoms with Crippen LogP contribution in [0.1, 0.15) is 30.9 Å². The van der Waals surface area contributed by atoms with E-state index in [1.807, 2.05) is 0 Å². The molecule has 2 aliphatic heterocycles. The summed E-state index contributed by atoms with van der Waals surface area (Å²) < 4.78 is 11.4. The van der Waals surface area contributed by atoms with Gasteiger partial charge in [0.1, 0.15) is 17.6 Å². The van der Waals surface area contributed by atoms with Crippen molar-refractivity contribution in [3.63, 3.8) is 0 Å². The molecule has 110 valence electrons. The van der Waals surface area contributed by atoms with Gasteiger partial charge >= 0.3 is 0 Å². The first kappa shape index (κ1) is 14.1. The summed E-state index contributed by atoms with van der Waals surface area (Å²) in [6, 6.07) is 4.28. The second-order valence-corrected chi connectivity index (χ2v) is 7.08. The molecule has 3 rings (SSSR count). The molecule has 0 radical (unpaired) electrons. The molecule has 4 heteroatoms. The molecule has 0 saturated carbocycles. The highest BCUT2D eigenvalue weighted by Gasteiger charge is 2.22. The fourth-order valence-corrected chi connectivity index (χ4v) is 4.22. The predicted molar refractivity (Wildman–Crippen MR) is 84.0 cm³/mol. The maximum Gasteiger partial charge on any atom is 0.123 e. The van der Waals surface area contributed by atoms with Gasteiger partial charge in [-0.2, -0.15) is 11.8 Å². The zero-order valence-electron chi connectivity index (χ0n) is 12.3. The van der Waals surface area contributed by atoms with Crippen molar-refractivity contribution < 1.29 is 9.47 Å². The highest BCUT2D eigenvalue weighted by molar-refractivity contribution is 8.00. The van der Waals surface area contributed by atoms with Crippen LogP contribution in [0, 0.1) is 0 Å². The maximum absolute atomic E-state index is 5.84. The van der Waals surface area contributed by atoms with Crippen molar-refractivity contribution in [2.45, 2.75) is 44.1 Å². The fourth-order valence-electron chi connectivity index (χ4n) is 2.98. The van der Waals surface area contributed by atoms with E-state index in [-0.39, 0.29) is 6.10 Å². The number of ether oxygens (including phenoxy) is 2. The molecule has 2 heterocycles. The molecule has 1 aromatic rings. The van der Waals surface area contributed by atoms with Crippen molar-refractivity contribution in [2.24, 2.45) is 0 Å². The quantitative estimate of drug-likeness (QED) is 0.904. The van der Waals surface area contributed by atoms with E-state index in [2.05, 4.69) is 36.1 Å². The summed E-state index contributed by atoms with van der Waals surface area (Å²) in [7, 11) is 1.75. The van der Waals surface area contributed by atoms with Crippen molar-refractivity contribution in [1.29, 1.82) is 0 Å². The third kappa shape index (κ3) is 3.07. The van der Waals surface area contributed by atoms with E-state index in [0.717, 1.165) is 36.3 Å². The summed E-state index contributed by atoms with van der Waals surface area (Å²) in [6.07, 6.45) is 3.98. The first-order valence-corrected chi connectivity index (χ1v) is 8.50. The third-order valence-electron chi connectivity index (χ3n) is 4.01. The van der Waals surface area contributed by atoms with Crippen LogP contribution in [0.5, 0.6) is 11.5 Å². The van der Waals surface area contributed by atoms with Gasteiger partial charge in [0.05, 0.1) is 7.11 Å². The van der Waals surface area contributed by atoms with E-state index in [1.165, 1.54) is 29.7 Å². The lowest BCUT2D eigenvalue weighted by molar-refractivity contribution is 0.254. The number of methoxy groups -OCH3 is 1. The lowest BCUT2D eigenvalue weighted by Gasteiger charge is -2.14. The largest absolute Gasteiger partial charge is 0.496 e. The Bertz CT molecular complexity index is 472. The van der Waals surface area contributed by atoms with Crippen LogP contribution in [0.4, 0.5) is 0 Å². The van der Waals surface area contributed by atoms with E-state index in [9.17, 15) is 0 Å². The van der Waals surface area contributed by atoms with Gasteiger partial charge in [-0.1, -0.05) is 0 Å². The maximum atomic E-state index is 5.84. The number of rotatable bonds is 5. The Hall–Kier alpha value is -0.870. The van der Waals surface area contributed by atoms with Gasteiger partial charge < -0.3 is 14.8 Å². The second kappa shape index (κ2) is 6.27. The standard InChI is InChI=1S/C16H23NO2S/c1-11-6-12-7-15(18-2)13(8-16(12)19-11)9-17-10-14-4-3-5-20-14/h7-8,11,14,17H,3-6,9-10H2,1-2H3. The minimum atomic E-state index is 0.285. The van der Waals surface area contributed by atoms with Gasteiger partial charge in [-0.05, 0) is 37.7 Å². The lowest BCUT2D eigenvalue weighted by atomic mass is 10.1. The molecule has 1 aromatic carbocycles. The van der Waals surface area contributed by atoms with E-state index in [4.69, 9.17) is 9.47 Å². The minimum Gasteiger partial charge on any atom is -0.496 e. The number of nitrogens with one attached hydrogen (secondary N) is 1. The average Bonchev–Trinajstić information content (AvgIpc) is 3.05. The fraction of sp³-hybridized carbons (Fsp3) is 0.625. The molecule has 0 amide bonds. The lowest BCUT2D eigenvalue weighted by Crippen LogP contribution is -2.22. The zero-order valence-corrected chi connectivity index (χ0v) is 13.1. The molecule has 0 bridgehead atoms. The Morgan fingerprint density at radius 3 is 3.10 bits per heavy atom. The van der Waals surface area contributed by atoms with Crippen molar-refractivity contribution in [3.05, 3.63) is 23.3 Å². The molecule has 3 nitrogen and oxygen atoms in total. The van der Waals surface area contributed by atoms with Crippen LogP contribution in [-0.4, -0.2) is 30.8 Å². The number of benzene rings is 1. The SMILES string of the molecule is COc1cc2c(cc1CNCC1CCCS1)OC(C)C2. The molecule has 1 fully saturated rings. The number of hydrogen-bond donors (Lipinski definition) is 1. The molecular weight excluding hydrogens is 270 g/mol. The van der Waals surface area contributed by atoms with Gasteiger partial charge in [-0.15, -0.1) is 0 Å². The molecule has 1 N–H and O–H groups in total. The molecule has 1 saturated heterocycles. The number of fused-ring (bicyclic) bond motifs is 1. The Labute approximate surface area is 125 Å². The summed E-state index contributed by atoms with van der Waals surface area (Å²) in [4.78, 5) is 0. The normalized spacial score (nSPS) is 24.5. The minimum absolute atomic E-state index is 0.285. The van der Waals surface area contributed by atoms with Crippen LogP contribution in [0.2, 0.25) is 0 Å². The zero-order chi connectivity index (χ0) is 13.9. The monoisotopic (exact) mass is 293 g/mol. The van der Waals surface area contributed by atoms with Crippen LogP contribution in [0.3, 0.4) is 0 Å². The summed E-state index contributed by atoms with van der Waals surface area (Å²) in [5, 5.41) is 4.35. The van der Waals surface area contributed by atoms with E-state index in [1.54, 1.807) is 7.11 Å². The first-order valence-electron chi connectivity index (χ1n) is 7.45. The highest BCUT2D eigenvalue weighted by Crippen LogP contribution is 2.35. The average molecular weight is 293 g/mol. The number of thioether (sulfide) groups is 1. The van der Waals surface area contributed by atoms with Crippen LogP contribution in [-0.2, 0) is 13.0 Å². The van der Waals surface area contributed by atoms with Gasteiger partial charge in [0.15, 0.2) is 0 Å². The highest BCUT2D eigenvalue weighted by atomic mass is 32.2. The third-order valence-corrected chi connectivity index (χ3v) is 5.41. The Morgan fingerprint density at radius 2 is 2.35 bits per heavy atom. The molecule has 0 aliphatic carbocycles. The summed E-state index contributed by atoms with van der Waals surface area (Å²) in [5.74, 6) is 3.33. The van der Waals surface area contributed by atoms with E-state index < -0.39 is 0 Å². The molecular formula is C16H23NO2S. The van der Waals surface area contributed by atoms with Gasteiger partial charge in [-0.25, -0.2) is 0 Å². The molecule has 0 spiro atoms. The first-order chi connectivity index (χ1) is 9.76. The topological polar surface area (TPSA) is 30.5 Å². The molecule has 2 unspecified atom stereocenters. The molecule has 2 aliphatic rings. The Balaban J connectivity index is 1.64. The van der Waals surface area contributed by atoms with Crippen LogP contribution in [0.15, 0.2) is 12.1 Å². The van der Waals surface area contributed by atoms with E-state index >= 15 is 0 Å². The van der Waals surface area contributed by atoms with E-state index in [0.29, 0.717) is 0 Å². The second-order valence-electron chi connectivity index (χ2n) is 5.67. The van der Waals surface area contributed by atoms with Gasteiger partial charge in [-0.3, -0.25) is 0 Å².